The molecule has 22 heavy (non-hydrogen) atoms. The first-order valence-electron chi connectivity index (χ1n) is 8.53. The molecule has 1 heterocycles. The standard InChI is InChI=1S/C19H25NO2/c21-14-10-17-9-4-5-11-19(17)12-6-13-20(18(19)22)15-16-7-2-1-3-8-16/h1-3,7-8,14,17H,4-6,9-13,15H2. The number of amides is 1. The third-order valence-electron chi connectivity index (χ3n) is 5.57. The summed E-state index contributed by atoms with van der Waals surface area (Å²) in [6.45, 7) is 1.55. The fraction of sp³-hybridized carbons (Fsp3) is 0.579. The summed E-state index contributed by atoms with van der Waals surface area (Å²) in [7, 11) is 0. The average Bonchev–Trinajstić information content (AvgIpc) is 2.55. The van der Waals surface area contributed by atoms with E-state index in [1.165, 1.54) is 5.56 Å². The van der Waals surface area contributed by atoms with Crippen LogP contribution in [0.1, 0.15) is 50.5 Å². The third-order valence-corrected chi connectivity index (χ3v) is 5.57. The lowest BCUT2D eigenvalue weighted by Gasteiger charge is -2.48. The maximum atomic E-state index is 13.2. The van der Waals surface area contributed by atoms with E-state index in [2.05, 4.69) is 12.1 Å². The molecule has 3 rings (SSSR count). The van der Waals surface area contributed by atoms with Gasteiger partial charge in [-0.15, -0.1) is 0 Å². The van der Waals surface area contributed by atoms with Crippen LogP contribution < -0.4 is 0 Å². The first kappa shape index (κ1) is 15.3. The Bertz CT molecular complexity index is 523. The van der Waals surface area contributed by atoms with E-state index in [4.69, 9.17) is 0 Å². The van der Waals surface area contributed by atoms with Gasteiger partial charge in [0, 0.05) is 19.5 Å². The molecular weight excluding hydrogens is 274 g/mol. The smallest absolute Gasteiger partial charge is 0.229 e. The van der Waals surface area contributed by atoms with Crippen molar-refractivity contribution in [3.8, 4) is 0 Å². The van der Waals surface area contributed by atoms with E-state index < -0.39 is 0 Å². The van der Waals surface area contributed by atoms with Crippen LogP contribution in [0.15, 0.2) is 30.3 Å². The highest BCUT2D eigenvalue weighted by atomic mass is 16.2. The molecule has 1 aromatic rings. The van der Waals surface area contributed by atoms with Crippen molar-refractivity contribution < 1.29 is 9.59 Å². The van der Waals surface area contributed by atoms with Crippen molar-refractivity contribution in [3.63, 3.8) is 0 Å². The van der Waals surface area contributed by atoms with Crippen LogP contribution in [0.25, 0.3) is 0 Å². The molecule has 2 fully saturated rings. The Morgan fingerprint density at radius 3 is 2.68 bits per heavy atom. The van der Waals surface area contributed by atoms with Crippen molar-refractivity contribution in [2.45, 2.75) is 51.5 Å². The van der Waals surface area contributed by atoms with Crippen molar-refractivity contribution in [3.05, 3.63) is 35.9 Å². The Morgan fingerprint density at radius 2 is 1.91 bits per heavy atom. The van der Waals surface area contributed by atoms with E-state index in [1.807, 2.05) is 23.1 Å². The number of piperidine rings is 1. The zero-order chi connectivity index (χ0) is 15.4. The van der Waals surface area contributed by atoms with Crippen molar-refractivity contribution in [2.75, 3.05) is 6.54 Å². The average molecular weight is 299 g/mol. The molecule has 1 spiro atoms. The summed E-state index contributed by atoms with van der Waals surface area (Å²) < 4.78 is 0. The molecule has 1 aliphatic carbocycles. The minimum atomic E-state index is -0.258. The minimum absolute atomic E-state index is 0.254. The molecule has 3 heteroatoms. The van der Waals surface area contributed by atoms with E-state index >= 15 is 0 Å². The van der Waals surface area contributed by atoms with E-state index in [1.54, 1.807) is 0 Å². The summed E-state index contributed by atoms with van der Waals surface area (Å²) in [4.78, 5) is 26.3. The summed E-state index contributed by atoms with van der Waals surface area (Å²) in [6.07, 6.45) is 7.88. The molecule has 0 N–H and O–H groups in total. The largest absolute Gasteiger partial charge is 0.338 e. The fourth-order valence-corrected chi connectivity index (χ4v) is 4.45. The number of carbonyl (C=O) groups excluding carboxylic acids is 2. The van der Waals surface area contributed by atoms with Gasteiger partial charge in [-0.25, -0.2) is 0 Å². The van der Waals surface area contributed by atoms with Crippen molar-refractivity contribution in [2.24, 2.45) is 11.3 Å². The molecule has 2 atom stereocenters. The van der Waals surface area contributed by atoms with Gasteiger partial charge in [-0.3, -0.25) is 4.79 Å². The number of carbonyl (C=O) groups is 2. The van der Waals surface area contributed by atoms with Crippen molar-refractivity contribution >= 4 is 12.2 Å². The summed E-state index contributed by atoms with van der Waals surface area (Å²) in [5, 5.41) is 0. The van der Waals surface area contributed by atoms with Crippen molar-refractivity contribution in [1.82, 2.24) is 4.90 Å². The normalized spacial score (nSPS) is 28.8. The molecular formula is C19H25NO2. The third kappa shape index (κ3) is 2.81. The van der Waals surface area contributed by atoms with Gasteiger partial charge in [0.1, 0.15) is 6.29 Å². The number of rotatable bonds is 4. The Balaban J connectivity index is 1.80. The van der Waals surface area contributed by atoms with E-state index in [0.717, 1.165) is 51.4 Å². The quantitative estimate of drug-likeness (QED) is 0.797. The number of likely N-dealkylation sites (tertiary alicyclic amines) is 1. The molecule has 118 valence electrons. The lowest BCUT2D eigenvalue weighted by atomic mass is 9.61. The van der Waals surface area contributed by atoms with Crippen LogP contribution in [-0.4, -0.2) is 23.6 Å². The molecule has 1 saturated carbocycles. The molecule has 2 aliphatic rings. The first-order valence-corrected chi connectivity index (χ1v) is 8.53. The molecule has 1 aliphatic heterocycles. The first-order chi connectivity index (χ1) is 10.8. The molecule has 3 nitrogen and oxygen atoms in total. The van der Waals surface area contributed by atoms with Gasteiger partial charge in [-0.1, -0.05) is 43.2 Å². The topological polar surface area (TPSA) is 37.4 Å². The summed E-state index contributed by atoms with van der Waals surface area (Å²) in [6, 6.07) is 10.2. The zero-order valence-corrected chi connectivity index (χ0v) is 13.2. The van der Waals surface area contributed by atoms with E-state index in [-0.39, 0.29) is 11.3 Å². The van der Waals surface area contributed by atoms with Gasteiger partial charge < -0.3 is 9.69 Å². The predicted molar refractivity (Wildman–Crippen MR) is 86.2 cm³/mol. The van der Waals surface area contributed by atoms with Gasteiger partial charge in [0.25, 0.3) is 0 Å². The van der Waals surface area contributed by atoms with Gasteiger partial charge in [0.2, 0.25) is 5.91 Å². The van der Waals surface area contributed by atoms with Crippen molar-refractivity contribution in [1.29, 1.82) is 0 Å². The summed E-state index contributed by atoms with van der Waals surface area (Å²) in [5.74, 6) is 0.555. The molecule has 0 radical (unpaired) electrons. The Kier molecular flexibility index (Phi) is 4.60. The van der Waals surface area contributed by atoms with Gasteiger partial charge in [0.15, 0.2) is 0 Å². The SMILES string of the molecule is O=CCC1CCCCC12CCCN(Cc1ccccc1)C2=O. The summed E-state index contributed by atoms with van der Waals surface area (Å²) in [5.41, 5.74) is 0.933. The van der Waals surface area contributed by atoms with Crippen LogP contribution in [0.3, 0.4) is 0 Å². The van der Waals surface area contributed by atoms with Gasteiger partial charge in [0.05, 0.1) is 5.41 Å². The van der Waals surface area contributed by atoms with E-state index in [9.17, 15) is 9.59 Å². The number of hydrogen-bond donors (Lipinski definition) is 0. The highest BCUT2D eigenvalue weighted by molar-refractivity contribution is 5.84. The van der Waals surface area contributed by atoms with Crippen LogP contribution >= 0.6 is 0 Å². The van der Waals surface area contributed by atoms with Gasteiger partial charge >= 0.3 is 0 Å². The number of aldehydes is 1. The molecule has 1 aromatic carbocycles. The Hall–Kier alpha value is -1.64. The molecule has 1 amide bonds. The Morgan fingerprint density at radius 1 is 1.14 bits per heavy atom. The molecule has 1 saturated heterocycles. The highest BCUT2D eigenvalue weighted by Crippen LogP contribution is 2.49. The Labute approximate surface area is 132 Å². The maximum absolute atomic E-state index is 13.2. The van der Waals surface area contributed by atoms with Gasteiger partial charge in [-0.2, -0.15) is 0 Å². The monoisotopic (exact) mass is 299 g/mol. The van der Waals surface area contributed by atoms with Crippen LogP contribution in [-0.2, 0) is 16.1 Å². The van der Waals surface area contributed by atoms with Crippen LogP contribution in [0.2, 0.25) is 0 Å². The fourth-order valence-electron chi connectivity index (χ4n) is 4.45. The minimum Gasteiger partial charge on any atom is -0.338 e. The second kappa shape index (κ2) is 6.64. The maximum Gasteiger partial charge on any atom is 0.229 e. The van der Waals surface area contributed by atoms with Crippen LogP contribution in [0.4, 0.5) is 0 Å². The van der Waals surface area contributed by atoms with Gasteiger partial charge in [-0.05, 0) is 37.2 Å². The highest BCUT2D eigenvalue weighted by Gasteiger charge is 2.49. The number of hydrogen-bond acceptors (Lipinski definition) is 2. The number of nitrogens with zero attached hydrogens (tertiary/aromatic N) is 1. The second-order valence-corrected chi connectivity index (χ2v) is 6.82. The predicted octanol–water partition coefficient (Wildman–Crippen LogP) is 3.57. The molecule has 0 bridgehead atoms. The van der Waals surface area contributed by atoms with Crippen LogP contribution in [0.5, 0.6) is 0 Å². The van der Waals surface area contributed by atoms with E-state index in [0.29, 0.717) is 18.9 Å². The lowest BCUT2D eigenvalue weighted by molar-refractivity contribution is -0.154. The second-order valence-electron chi connectivity index (χ2n) is 6.82. The molecule has 2 unspecified atom stereocenters. The molecule has 0 aromatic heterocycles. The summed E-state index contributed by atoms with van der Waals surface area (Å²) >= 11 is 0. The number of benzene rings is 1. The lowest BCUT2D eigenvalue weighted by Crippen LogP contribution is -2.53. The van der Waals surface area contributed by atoms with Crippen LogP contribution in [0, 0.1) is 11.3 Å². The zero-order valence-electron chi connectivity index (χ0n) is 13.2.